The minimum absolute atomic E-state index is 0.353. The van der Waals surface area contributed by atoms with Crippen LogP contribution in [0.3, 0.4) is 0 Å². The molecule has 0 radical (unpaired) electrons. The first-order valence-electron chi connectivity index (χ1n) is 5.81. The number of nitriles is 1. The summed E-state index contributed by atoms with van der Waals surface area (Å²) < 4.78 is 0. The summed E-state index contributed by atoms with van der Waals surface area (Å²) in [6.45, 7) is 0. The molecule has 3 heteroatoms. The van der Waals surface area contributed by atoms with Crippen LogP contribution in [-0.4, -0.2) is 18.1 Å². The molecular weight excluding hydrogens is 198 g/mol. The number of nitrogens with one attached hydrogen (secondary N) is 1. The summed E-state index contributed by atoms with van der Waals surface area (Å²) in [4.78, 5) is 4.35. The van der Waals surface area contributed by atoms with E-state index < -0.39 is 0 Å². The smallest absolute Gasteiger partial charge is 0.0994 e. The Kier molecular flexibility index (Phi) is 3.21. The number of hydrogen-bond donors (Lipinski definition) is 1. The van der Waals surface area contributed by atoms with Gasteiger partial charge in [0, 0.05) is 12.2 Å². The number of rotatable bonds is 2. The van der Waals surface area contributed by atoms with Crippen LogP contribution in [0.4, 0.5) is 0 Å². The Hall–Kier alpha value is -1.40. The maximum atomic E-state index is 9.44. The molecule has 0 amide bonds. The predicted molar refractivity (Wildman–Crippen MR) is 62.8 cm³/mol. The van der Waals surface area contributed by atoms with Crippen molar-refractivity contribution in [2.45, 2.75) is 37.1 Å². The van der Waals surface area contributed by atoms with Crippen LogP contribution in [0.5, 0.6) is 0 Å². The van der Waals surface area contributed by atoms with Gasteiger partial charge in [-0.3, -0.25) is 4.98 Å². The third-order valence-corrected chi connectivity index (χ3v) is 3.62. The zero-order valence-electron chi connectivity index (χ0n) is 9.61. The first-order valence-corrected chi connectivity index (χ1v) is 5.81. The van der Waals surface area contributed by atoms with Crippen molar-refractivity contribution in [3.8, 4) is 6.07 Å². The van der Waals surface area contributed by atoms with Crippen molar-refractivity contribution in [3.05, 3.63) is 30.1 Å². The maximum absolute atomic E-state index is 9.44. The molecular formula is C13H17N3. The van der Waals surface area contributed by atoms with Gasteiger partial charge in [-0.25, -0.2) is 0 Å². The summed E-state index contributed by atoms with van der Waals surface area (Å²) in [5.41, 5.74) is 0.585. The minimum Gasteiger partial charge on any atom is -0.317 e. The fraction of sp³-hybridized carbons (Fsp3) is 0.538. The highest BCUT2D eigenvalue weighted by Gasteiger charge is 2.37. The van der Waals surface area contributed by atoms with Crippen molar-refractivity contribution in [1.82, 2.24) is 10.3 Å². The van der Waals surface area contributed by atoms with Crippen molar-refractivity contribution < 1.29 is 0 Å². The Morgan fingerprint density at radius 1 is 1.44 bits per heavy atom. The Bertz CT molecular complexity index is 372. The van der Waals surface area contributed by atoms with Gasteiger partial charge in [-0.15, -0.1) is 0 Å². The zero-order chi connectivity index (χ0) is 11.4. The Balaban J connectivity index is 2.20. The van der Waals surface area contributed by atoms with Crippen molar-refractivity contribution in [2.24, 2.45) is 0 Å². The Morgan fingerprint density at radius 3 is 2.69 bits per heavy atom. The highest BCUT2D eigenvalue weighted by molar-refractivity contribution is 5.27. The molecule has 0 saturated heterocycles. The van der Waals surface area contributed by atoms with E-state index >= 15 is 0 Å². The highest BCUT2D eigenvalue weighted by atomic mass is 14.9. The monoisotopic (exact) mass is 215 g/mol. The highest BCUT2D eigenvalue weighted by Crippen LogP contribution is 2.37. The van der Waals surface area contributed by atoms with Gasteiger partial charge < -0.3 is 5.32 Å². The minimum atomic E-state index is -0.353. The lowest BCUT2D eigenvalue weighted by Crippen LogP contribution is -2.38. The molecule has 0 aliphatic heterocycles. The normalized spacial score (nSPS) is 29.6. The van der Waals surface area contributed by atoms with E-state index in [4.69, 9.17) is 0 Å². The second-order valence-electron chi connectivity index (χ2n) is 4.47. The van der Waals surface area contributed by atoms with Gasteiger partial charge in [0.15, 0.2) is 0 Å². The van der Waals surface area contributed by atoms with Gasteiger partial charge in [0.2, 0.25) is 0 Å². The van der Waals surface area contributed by atoms with Crippen molar-refractivity contribution >= 4 is 0 Å². The lowest BCUT2D eigenvalue weighted by Gasteiger charge is -2.34. The average Bonchev–Trinajstić information content (AvgIpc) is 2.40. The molecule has 0 atom stereocenters. The van der Waals surface area contributed by atoms with Crippen LogP contribution in [0.15, 0.2) is 24.4 Å². The van der Waals surface area contributed by atoms with Gasteiger partial charge in [-0.2, -0.15) is 5.26 Å². The molecule has 0 unspecified atom stereocenters. The number of aromatic nitrogens is 1. The number of hydrogen-bond acceptors (Lipinski definition) is 3. The summed E-state index contributed by atoms with van der Waals surface area (Å²) >= 11 is 0. The van der Waals surface area contributed by atoms with E-state index in [0.717, 1.165) is 31.4 Å². The first kappa shape index (κ1) is 11.1. The summed E-state index contributed by atoms with van der Waals surface area (Å²) in [5, 5.41) is 12.7. The molecule has 1 aliphatic rings. The van der Waals surface area contributed by atoms with Gasteiger partial charge in [0.1, 0.15) is 0 Å². The first-order chi connectivity index (χ1) is 7.80. The van der Waals surface area contributed by atoms with Crippen LogP contribution in [0.1, 0.15) is 31.4 Å². The van der Waals surface area contributed by atoms with E-state index in [1.807, 2.05) is 25.2 Å². The maximum Gasteiger partial charge on any atom is 0.0994 e. The fourth-order valence-corrected chi connectivity index (χ4v) is 2.47. The summed E-state index contributed by atoms with van der Waals surface area (Å²) in [5.74, 6) is 0. The molecule has 1 aromatic rings. The molecule has 0 bridgehead atoms. The number of pyridine rings is 1. The van der Waals surface area contributed by atoms with Crippen LogP contribution < -0.4 is 5.32 Å². The quantitative estimate of drug-likeness (QED) is 0.821. The van der Waals surface area contributed by atoms with E-state index in [-0.39, 0.29) is 5.41 Å². The number of nitrogens with zero attached hydrogens (tertiary/aromatic N) is 2. The van der Waals surface area contributed by atoms with Gasteiger partial charge in [0.05, 0.1) is 17.2 Å². The Morgan fingerprint density at radius 2 is 2.19 bits per heavy atom. The molecule has 16 heavy (non-hydrogen) atoms. The van der Waals surface area contributed by atoms with Crippen molar-refractivity contribution in [1.29, 1.82) is 5.26 Å². The summed E-state index contributed by atoms with van der Waals surface area (Å²) in [6.07, 6.45) is 5.71. The van der Waals surface area contributed by atoms with Crippen LogP contribution >= 0.6 is 0 Å². The van der Waals surface area contributed by atoms with Crippen molar-refractivity contribution in [2.75, 3.05) is 7.05 Å². The van der Waals surface area contributed by atoms with E-state index in [9.17, 15) is 5.26 Å². The SMILES string of the molecule is CNC1CCC(C#N)(c2ccccn2)CC1. The van der Waals surface area contributed by atoms with Crippen LogP contribution in [0.25, 0.3) is 0 Å². The molecule has 84 valence electrons. The largest absolute Gasteiger partial charge is 0.317 e. The molecule has 1 heterocycles. The molecule has 1 fully saturated rings. The lowest BCUT2D eigenvalue weighted by molar-refractivity contribution is 0.301. The molecule has 1 N–H and O–H groups in total. The lowest BCUT2D eigenvalue weighted by atomic mass is 9.71. The third-order valence-electron chi connectivity index (χ3n) is 3.62. The molecule has 1 saturated carbocycles. The molecule has 0 spiro atoms. The van der Waals surface area contributed by atoms with E-state index in [2.05, 4.69) is 16.4 Å². The van der Waals surface area contributed by atoms with Crippen molar-refractivity contribution in [3.63, 3.8) is 0 Å². The second-order valence-corrected chi connectivity index (χ2v) is 4.47. The standard InChI is InChI=1S/C13H17N3/c1-15-11-5-7-13(10-14,8-6-11)12-4-2-3-9-16-12/h2-4,9,11,15H,5-8H2,1H3. The van der Waals surface area contributed by atoms with Gasteiger partial charge >= 0.3 is 0 Å². The van der Waals surface area contributed by atoms with E-state index in [0.29, 0.717) is 6.04 Å². The zero-order valence-corrected chi connectivity index (χ0v) is 9.61. The molecule has 3 nitrogen and oxygen atoms in total. The average molecular weight is 215 g/mol. The molecule has 1 aliphatic carbocycles. The van der Waals surface area contributed by atoms with E-state index in [1.54, 1.807) is 6.20 Å². The Labute approximate surface area is 96.5 Å². The van der Waals surface area contributed by atoms with Crippen LogP contribution in [0.2, 0.25) is 0 Å². The molecule has 0 aromatic carbocycles. The molecule has 2 rings (SSSR count). The second kappa shape index (κ2) is 4.63. The van der Waals surface area contributed by atoms with Gasteiger partial charge in [-0.1, -0.05) is 6.07 Å². The molecule has 1 aromatic heterocycles. The summed E-state index contributed by atoms with van der Waals surface area (Å²) in [6, 6.07) is 8.88. The van der Waals surface area contributed by atoms with Gasteiger partial charge in [-0.05, 0) is 44.9 Å². The topological polar surface area (TPSA) is 48.7 Å². The predicted octanol–water partition coefficient (Wildman–Crippen LogP) is 2.00. The summed E-state index contributed by atoms with van der Waals surface area (Å²) in [7, 11) is 1.99. The fourth-order valence-electron chi connectivity index (χ4n) is 2.47. The third kappa shape index (κ3) is 1.94. The van der Waals surface area contributed by atoms with Crippen LogP contribution in [-0.2, 0) is 5.41 Å². The van der Waals surface area contributed by atoms with Crippen LogP contribution in [0, 0.1) is 11.3 Å². The van der Waals surface area contributed by atoms with E-state index in [1.165, 1.54) is 0 Å². The van der Waals surface area contributed by atoms with Gasteiger partial charge in [0.25, 0.3) is 0 Å².